The van der Waals surface area contributed by atoms with Crippen molar-refractivity contribution in [3.8, 4) is 23.0 Å². The first-order valence-corrected chi connectivity index (χ1v) is 8.97. The highest BCUT2D eigenvalue weighted by atomic mass is 16.5. The second kappa shape index (κ2) is 8.26. The first-order valence-electron chi connectivity index (χ1n) is 8.97. The molecule has 134 valence electrons. The number of fused-ring (bicyclic) bond motifs is 4. The van der Waals surface area contributed by atoms with Crippen LogP contribution in [0.3, 0.4) is 0 Å². The van der Waals surface area contributed by atoms with E-state index in [2.05, 4.69) is 18.2 Å². The lowest BCUT2D eigenvalue weighted by Gasteiger charge is -2.17. The van der Waals surface area contributed by atoms with Gasteiger partial charge in [0, 0.05) is 6.04 Å². The van der Waals surface area contributed by atoms with Crippen molar-refractivity contribution in [3.63, 3.8) is 0 Å². The number of benzene rings is 2. The Morgan fingerprint density at radius 3 is 2.04 bits per heavy atom. The lowest BCUT2D eigenvalue weighted by atomic mass is 9.99. The average Bonchev–Trinajstić information content (AvgIpc) is 2.63. The molecule has 4 bridgehead atoms. The minimum Gasteiger partial charge on any atom is -0.493 e. The number of nitrogens with two attached hydrogens (primary N) is 1. The van der Waals surface area contributed by atoms with Gasteiger partial charge in [0.1, 0.15) is 0 Å². The molecular weight excluding hydrogens is 314 g/mol. The van der Waals surface area contributed by atoms with Gasteiger partial charge in [-0.2, -0.15) is 0 Å². The number of hydrogen-bond donors (Lipinski definition) is 1. The third-order valence-electron chi connectivity index (χ3n) is 4.77. The molecule has 0 amide bonds. The standard InChI is InChI=1S/C21H27NO3/c1-23-18-11-8-15-5-3-4-6-17(22)10-7-16-9-12-19(24-2)21(14-16)25-20(18)13-15/h8-9,11-14,17H,3-7,10,22H2,1-2H3. The van der Waals surface area contributed by atoms with Crippen molar-refractivity contribution in [2.45, 2.75) is 44.6 Å². The first-order chi connectivity index (χ1) is 12.2. The SMILES string of the molecule is COc1ccc2cc1Oc1cc(ccc1OC)CCC(N)CCCC2. The zero-order valence-electron chi connectivity index (χ0n) is 15.1. The van der Waals surface area contributed by atoms with Crippen LogP contribution < -0.4 is 19.9 Å². The summed E-state index contributed by atoms with van der Waals surface area (Å²) in [7, 11) is 3.32. The number of rotatable bonds is 2. The maximum Gasteiger partial charge on any atom is 0.169 e. The second-order valence-electron chi connectivity index (χ2n) is 6.62. The minimum absolute atomic E-state index is 0.251. The van der Waals surface area contributed by atoms with E-state index in [0.717, 1.165) is 50.0 Å². The van der Waals surface area contributed by atoms with Gasteiger partial charge < -0.3 is 19.9 Å². The van der Waals surface area contributed by atoms with Crippen LogP contribution in [0.25, 0.3) is 0 Å². The van der Waals surface area contributed by atoms with Crippen molar-refractivity contribution >= 4 is 0 Å². The molecule has 4 heteroatoms. The van der Waals surface area contributed by atoms with Crippen molar-refractivity contribution in [1.29, 1.82) is 0 Å². The molecule has 0 saturated carbocycles. The van der Waals surface area contributed by atoms with Gasteiger partial charge in [-0.15, -0.1) is 0 Å². The zero-order valence-corrected chi connectivity index (χ0v) is 15.1. The van der Waals surface area contributed by atoms with Crippen LogP contribution in [0.5, 0.6) is 23.0 Å². The number of methoxy groups -OCH3 is 2. The summed E-state index contributed by atoms with van der Waals surface area (Å²) >= 11 is 0. The van der Waals surface area contributed by atoms with E-state index in [1.54, 1.807) is 14.2 Å². The fourth-order valence-electron chi connectivity index (χ4n) is 3.26. The smallest absolute Gasteiger partial charge is 0.169 e. The molecule has 4 nitrogen and oxygen atoms in total. The van der Waals surface area contributed by atoms with Crippen molar-refractivity contribution < 1.29 is 14.2 Å². The third-order valence-corrected chi connectivity index (χ3v) is 4.77. The van der Waals surface area contributed by atoms with Crippen LogP contribution in [0.4, 0.5) is 0 Å². The minimum atomic E-state index is 0.251. The van der Waals surface area contributed by atoms with E-state index >= 15 is 0 Å². The van der Waals surface area contributed by atoms with E-state index in [0.29, 0.717) is 11.5 Å². The lowest BCUT2D eigenvalue weighted by molar-refractivity contribution is 0.355. The number of hydrogen-bond acceptors (Lipinski definition) is 4. The van der Waals surface area contributed by atoms with Crippen LogP contribution in [0, 0.1) is 0 Å². The van der Waals surface area contributed by atoms with Crippen LogP contribution in [-0.4, -0.2) is 20.3 Å². The Hall–Kier alpha value is -2.20. The molecule has 0 aromatic heterocycles. The van der Waals surface area contributed by atoms with Gasteiger partial charge in [0.25, 0.3) is 0 Å². The highest BCUT2D eigenvalue weighted by Crippen LogP contribution is 2.38. The first kappa shape index (κ1) is 17.6. The monoisotopic (exact) mass is 341 g/mol. The summed E-state index contributed by atoms with van der Waals surface area (Å²) in [6, 6.07) is 12.5. The maximum atomic E-state index is 6.27. The molecule has 1 heterocycles. The Morgan fingerprint density at radius 2 is 1.44 bits per heavy atom. The van der Waals surface area contributed by atoms with Crippen molar-refractivity contribution in [2.75, 3.05) is 14.2 Å². The highest BCUT2D eigenvalue weighted by molar-refractivity contribution is 5.50. The largest absolute Gasteiger partial charge is 0.493 e. The van der Waals surface area contributed by atoms with Crippen LogP contribution >= 0.6 is 0 Å². The molecule has 2 aromatic carbocycles. The van der Waals surface area contributed by atoms with Gasteiger partial charge in [-0.3, -0.25) is 0 Å². The third kappa shape index (κ3) is 4.45. The van der Waals surface area contributed by atoms with Gasteiger partial charge in [-0.05, 0) is 67.5 Å². The molecule has 25 heavy (non-hydrogen) atoms. The quantitative estimate of drug-likeness (QED) is 0.875. The van der Waals surface area contributed by atoms with E-state index in [1.165, 1.54) is 11.1 Å². The van der Waals surface area contributed by atoms with E-state index in [4.69, 9.17) is 19.9 Å². The number of aryl methyl sites for hydroxylation is 2. The molecule has 1 unspecified atom stereocenters. The van der Waals surface area contributed by atoms with Crippen molar-refractivity contribution in [2.24, 2.45) is 5.73 Å². The van der Waals surface area contributed by atoms with Gasteiger partial charge in [0.2, 0.25) is 0 Å². The average molecular weight is 341 g/mol. The van der Waals surface area contributed by atoms with E-state index in [-0.39, 0.29) is 6.04 Å². The molecular formula is C21H27NO3. The molecule has 2 N–H and O–H groups in total. The second-order valence-corrected chi connectivity index (χ2v) is 6.62. The van der Waals surface area contributed by atoms with Gasteiger partial charge in [0.15, 0.2) is 23.0 Å². The Labute approximate surface area is 149 Å². The topological polar surface area (TPSA) is 53.7 Å². The summed E-state index contributed by atoms with van der Waals surface area (Å²) in [4.78, 5) is 0. The van der Waals surface area contributed by atoms with Gasteiger partial charge in [-0.25, -0.2) is 0 Å². The van der Waals surface area contributed by atoms with Crippen LogP contribution in [0.15, 0.2) is 36.4 Å². The number of ether oxygens (including phenoxy) is 3. The van der Waals surface area contributed by atoms with E-state index in [1.807, 2.05) is 18.2 Å². The normalized spacial score (nSPS) is 18.0. The Kier molecular flexibility index (Phi) is 5.82. The van der Waals surface area contributed by atoms with Crippen molar-refractivity contribution in [1.82, 2.24) is 0 Å². The molecule has 1 atom stereocenters. The molecule has 1 aliphatic heterocycles. The van der Waals surface area contributed by atoms with Gasteiger partial charge >= 0.3 is 0 Å². The maximum absolute atomic E-state index is 6.27. The lowest BCUT2D eigenvalue weighted by Crippen LogP contribution is -2.20. The molecule has 2 aromatic rings. The Balaban J connectivity index is 1.99. The molecule has 3 rings (SSSR count). The zero-order chi connectivity index (χ0) is 17.6. The molecule has 0 radical (unpaired) electrons. The van der Waals surface area contributed by atoms with Crippen molar-refractivity contribution in [3.05, 3.63) is 47.5 Å². The van der Waals surface area contributed by atoms with Gasteiger partial charge in [-0.1, -0.05) is 18.6 Å². The summed E-state index contributed by atoms with van der Waals surface area (Å²) in [5.41, 5.74) is 8.73. The van der Waals surface area contributed by atoms with E-state index < -0.39 is 0 Å². The van der Waals surface area contributed by atoms with Gasteiger partial charge in [0.05, 0.1) is 14.2 Å². The summed E-state index contributed by atoms with van der Waals surface area (Å²) in [5, 5.41) is 0. The molecule has 0 spiro atoms. The molecule has 0 aliphatic carbocycles. The fourth-order valence-corrected chi connectivity index (χ4v) is 3.26. The fraction of sp³-hybridized carbons (Fsp3) is 0.429. The summed E-state index contributed by atoms with van der Waals surface area (Å²) in [6.07, 6.45) is 6.30. The van der Waals surface area contributed by atoms with Crippen LogP contribution in [-0.2, 0) is 12.8 Å². The summed E-state index contributed by atoms with van der Waals surface area (Å²) in [5.74, 6) is 2.88. The molecule has 1 aliphatic rings. The molecule has 0 fully saturated rings. The van der Waals surface area contributed by atoms with Crippen LogP contribution in [0.2, 0.25) is 0 Å². The molecule has 0 saturated heterocycles. The Bertz CT molecular complexity index is 714. The van der Waals surface area contributed by atoms with Crippen LogP contribution in [0.1, 0.15) is 36.8 Å². The summed E-state index contributed by atoms with van der Waals surface area (Å²) < 4.78 is 17.1. The predicted molar refractivity (Wildman–Crippen MR) is 99.9 cm³/mol. The summed E-state index contributed by atoms with van der Waals surface area (Å²) in [6.45, 7) is 0. The van der Waals surface area contributed by atoms with E-state index in [9.17, 15) is 0 Å². The predicted octanol–water partition coefficient (Wildman–Crippen LogP) is 4.48. The highest BCUT2D eigenvalue weighted by Gasteiger charge is 2.13. The Morgan fingerprint density at radius 1 is 0.840 bits per heavy atom.